The van der Waals surface area contributed by atoms with Crippen LogP contribution in [0.5, 0.6) is 0 Å². The summed E-state index contributed by atoms with van der Waals surface area (Å²) in [6.07, 6.45) is 11.7. The molecule has 0 aliphatic carbocycles. The van der Waals surface area contributed by atoms with Crippen molar-refractivity contribution in [2.24, 2.45) is 17.7 Å². The van der Waals surface area contributed by atoms with Crippen LogP contribution in [-0.4, -0.2) is 105 Å². The Kier molecular flexibility index (Phi) is 14.0. The van der Waals surface area contributed by atoms with E-state index in [1.54, 1.807) is 38.4 Å². The highest BCUT2D eigenvalue weighted by atomic mass is 16.7. The number of hydrogen-bond donors (Lipinski definition) is 4. The highest BCUT2D eigenvalue weighted by Gasteiger charge is 2.47. The van der Waals surface area contributed by atoms with E-state index in [2.05, 4.69) is 9.88 Å². The number of aromatic nitrogens is 1. The number of hydrogen-bond acceptors (Lipinski definition) is 12. The number of cyclic esters (lactones) is 1. The molecule has 1 aromatic heterocycles. The summed E-state index contributed by atoms with van der Waals surface area (Å²) in [6, 6.07) is 3.98. The van der Waals surface area contributed by atoms with E-state index in [0.717, 1.165) is 24.4 Å². The molecule has 49 heavy (non-hydrogen) atoms. The fourth-order valence-corrected chi connectivity index (χ4v) is 6.66. The number of nitrogens with two attached hydrogens (primary N) is 1. The normalized spacial score (nSPS) is 34.0. The minimum Gasteiger partial charge on any atom is -0.457 e. The molecule has 1 aromatic rings. The molecule has 4 heterocycles. The van der Waals surface area contributed by atoms with Crippen molar-refractivity contribution >= 4 is 11.7 Å². The summed E-state index contributed by atoms with van der Waals surface area (Å²) < 4.78 is 11.8. The minimum absolute atomic E-state index is 0.00280. The molecule has 3 aliphatic rings. The van der Waals surface area contributed by atoms with Crippen molar-refractivity contribution in [2.45, 2.75) is 121 Å². The maximum absolute atomic E-state index is 13.1. The molecule has 12 nitrogen and oxygen atoms in total. The van der Waals surface area contributed by atoms with E-state index >= 15 is 0 Å². The molecule has 0 saturated carbocycles. The zero-order valence-corrected chi connectivity index (χ0v) is 30.0. The summed E-state index contributed by atoms with van der Waals surface area (Å²) in [7, 11) is 0. The summed E-state index contributed by atoms with van der Waals surface area (Å²) in [5.74, 6) is 4.85. The van der Waals surface area contributed by atoms with E-state index in [1.807, 2.05) is 63.1 Å². The van der Waals surface area contributed by atoms with Crippen molar-refractivity contribution in [1.82, 2.24) is 10.0 Å². The van der Waals surface area contributed by atoms with Crippen molar-refractivity contribution in [2.75, 3.05) is 31.1 Å². The summed E-state index contributed by atoms with van der Waals surface area (Å²) in [6.45, 7) is 14.0. The van der Waals surface area contributed by atoms with Crippen LogP contribution in [0.1, 0.15) is 73.6 Å². The first-order valence-electron chi connectivity index (χ1n) is 17.7. The Balaban J connectivity index is 1.46. The molecule has 274 valence electrons. The lowest BCUT2D eigenvalue weighted by atomic mass is 9.88. The average molecular weight is 687 g/mol. The highest BCUT2D eigenvalue weighted by Crippen LogP contribution is 2.37. The number of anilines is 1. The first kappa shape index (κ1) is 39.1. The molecule has 0 aromatic carbocycles. The molecule has 2 fully saturated rings. The van der Waals surface area contributed by atoms with Crippen molar-refractivity contribution in [3.8, 4) is 0 Å². The Hall–Kier alpha value is -2.68. The second-order valence-corrected chi connectivity index (χ2v) is 14.5. The fraction of sp³-hybridized carbons (Fsp3) is 0.676. The van der Waals surface area contributed by atoms with E-state index in [-0.39, 0.29) is 30.5 Å². The van der Waals surface area contributed by atoms with Gasteiger partial charge in [0.1, 0.15) is 12.2 Å². The molecule has 2 saturated heterocycles. The fourth-order valence-electron chi connectivity index (χ4n) is 6.66. The van der Waals surface area contributed by atoms with Gasteiger partial charge in [0.15, 0.2) is 0 Å². The number of esters is 1. The van der Waals surface area contributed by atoms with E-state index in [9.17, 15) is 20.1 Å². The van der Waals surface area contributed by atoms with Crippen LogP contribution < -0.4 is 10.8 Å². The number of carbonyl (C=O) groups excluding carboxylic acids is 1. The van der Waals surface area contributed by atoms with E-state index in [0.29, 0.717) is 38.8 Å². The number of aliphatic hydroxyl groups is 3. The highest BCUT2D eigenvalue weighted by molar-refractivity contribution is 5.70. The van der Waals surface area contributed by atoms with Gasteiger partial charge in [-0.2, -0.15) is 5.06 Å². The van der Waals surface area contributed by atoms with E-state index < -0.39 is 41.6 Å². The van der Waals surface area contributed by atoms with Gasteiger partial charge in [0.25, 0.3) is 0 Å². The number of piperazine rings is 1. The molecule has 10 unspecified atom stereocenters. The molecule has 0 amide bonds. The van der Waals surface area contributed by atoms with Gasteiger partial charge >= 0.3 is 5.97 Å². The van der Waals surface area contributed by atoms with Gasteiger partial charge in [0, 0.05) is 62.5 Å². The minimum atomic E-state index is -1.27. The Morgan fingerprint density at radius 2 is 1.94 bits per heavy atom. The third kappa shape index (κ3) is 11.4. The lowest BCUT2D eigenvalue weighted by Gasteiger charge is -2.40. The van der Waals surface area contributed by atoms with Gasteiger partial charge in [-0.25, -0.2) is 5.90 Å². The number of carbonyl (C=O) groups is 1. The average Bonchev–Trinajstić information content (AvgIpc) is 3.84. The van der Waals surface area contributed by atoms with Crippen LogP contribution in [0.25, 0.3) is 0 Å². The summed E-state index contributed by atoms with van der Waals surface area (Å²) in [5.41, 5.74) is -0.520. The number of allylic oxidation sites excluding steroid dienone is 2. The zero-order chi connectivity index (χ0) is 35.8. The van der Waals surface area contributed by atoms with Crippen LogP contribution >= 0.6 is 0 Å². The standard InChI is InChI=1S/C37H58N4O8/c1-7-30(42)27(4)35-31(46-35)24-36(5,44)15-8-9-25(2)34-26(3)10-11-32(37(6,45)16-12-29(48-38)23-33(43)47-34)49-41-21-19-40(20-22-41)28-13-17-39-18-14-28/h8-11,13-15,17-18,26-27,29-32,34-35,42,44-45H,7,12,16,19-24,38H2,1-6H3/b11-10+,15-8+,25-9+. The molecule has 0 bridgehead atoms. The number of hydroxylamine groups is 2. The van der Waals surface area contributed by atoms with Gasteiger partial charge in [-0.1, -0.05) is 51.2 Å². The SMILES string of the molecule is CCC(O)C(C)C1OC1CC(C)(O)/C=C/C=C(\C)C1OC(=O)CC(ON)CCC(C)(O)C(ON2CCN(c3ccncc3)CC2)/C=C/C1C. The van der Waals surface area contributed by atoms with Crippen LogP contribution in [0.4, 0.5) is 5.69 Å². The first-order valence-corrected chi connectivity index (χ1v) is 17.7. The quantitative estimate of drug-likeness (QED) is 0.0832. The Bertz CT molecular complexity index is 1280. The number of aliphatic hydroxyl groups excluding tert-OH is 1. The van der Waals surface area contributed by atoms with Gasteiger partial charge in [-0.3, -0.25) is 14.6 Å². The summed E-state index contributed by atoms with van der Waals surface area (Å²) in [5, 5.41) is 34.8. The first-order chi connectivity index (χ1) is 23.2. The Morgan fingerprint density at radius 1 is 1.24 bits per heavy atom. The molecule has 3 aliphatic heterocycles. The molecular formula is C37H58N4O8. The second kappa shape index (κ2) is 17.5. The van der Waals surface area contributed by atoms with Gasteiger partial charge in [-0.05, 0) is 57.7 Å². The molecule has 12 heteroatoms. The van der Waals surface area contributed by atoms with E-state index in [1.165, 1.54) is 0 Å². The third-order valence-corrected chi connectivity index (χ3v) is 10.1. The van der Waals surface area contributed by atoms with Gasteiger partial charge in [0.05, 0.1) is 42.0 Å². The largest absolute Gasteiger partial charge is 0.457 e. The monoisotopic (exact) mass is 686 g/mol. The number of rotatable bonds is 12. The predicted octanol–water partition coefficient (Wildman–Crippen LogP) is 3.62. The molecule has 0 radical (unpaired) electrons. The van der Waals surface area contributed by atoms with Crippen LogP contribution in [-0.2, 0) is 23.9 Å². The lowest BCUT2D eigenvalue weighted by Crippen LogP contribution is -2.51. The predicted molar refractivity (Wildman–Crippen MR) is 187 cm³/mol. The molecule has 0 spiro atoms. The lowest BCUT2D eigenvalue weighted by molar-refractivity contribution is -0.231. The van der Waals surface area contributed by atoms with Crippen molar-refractivity contribution in [3.05, 3.63) is 60.5 Å². The van der Waals surface area contributed by atoms with Gasteiger partial charge < -0.3 is 34.5 Å². The van der Waals surface area contributed by atoms with Gasteiger partial charge in [0.2, 0.25) is 0 Å². The molecule has 5 N–H and O–H groups in total. The third-order valence-electron chi connectivity index (χ3n) is 10.1. The van der Waals surface area contributed by atoms with Crippen molar-refractivity contribution in [3.63, 3.8) is 0 Å². The maximum Gasteiger partial charge on any atom is 0.309 e. The van der Waals surface area contributed by atoms with E-state index in [4.69, 9.17) is 25.0 Å². The van der Waals surface area contributed by atoms with Crippen LogP contribution in [0.2, 0.25) is 0 Å². The topological polar surface area (TPSA) is 163 Å². The van der Waals surface area contributed by atoms with Gasteiger partial charge in [-0.15, -0.1) is 0 Å². The zero-order valence-electron chi connectivity index (χ0n) is 30.0. The molecular weight excluding hydrogens is 628 g/mol. The smallest absolute Gasteiger partial charge is 0.309 e. The summed E-state index contributed by atoms with van der Waals surface area (Å²) >= 11 is 0. The number of nitrogens with zero attached hydrogens (tertiary/aromatic N) is 3. The number of epoxide rings is 1. The Morgan fingerprint density at radius 3 is 2.59 bits per heavy atom. The molecule has 10 atom stereocenters. The molecule has 4 rings (SSSR count). The summed E-state index contributed by atoms with van der Waals surface area (Å²) in [4.78, 5) is 31.0. The van der Waals surface area contributed by atoms with Crippen LogP contribution in [0.3, 0.4) is 0 Å². The van der Waals surface area contributed by atoms with Crippen LogP contribution in [0.15, 0.2) is 60.5 Å². The van der Waals surface area contributed by atoms with Crippen molar-refractivity contribution < 1.29 is 39.3 Å². The number of ether oxygens (including phenoxy) is 2. The Labute approximate surface area is 291 Å². The second-order valence-electron chi connectivity index (χ2n) is 14.5. The van der Waals surface area contributed by atoms with Crippen LogP contribution in [0, 0.1) is 11.8 Å². The maximum atomic E-state index is 13.1. The van der Waals surface area contributed by atoms with Crippen molar-refractivity contribution in [1.29, 1.82) is 0 Å². The number of pyridine rings is 1.